The van der Waals surface area contributed by atoms with Gasteiger partial charge in [0.25, 0.3) is 0 Å². The summed E-state index contributed by atoms with van der Waals surface area (Å²) in [6.45, 7) is 1.64. The van der Waals surface area contributed by atoms with Crippen LogP contribution in [0.25, 0.3) is 0 Å². The largest absolute Gasteiger partial charge is 0.353 e. The summed E-state index contributed by atoms with van der Waals surface area (Å²) in [6.07, 6.45) is 0.233. The van der Waals surface area contributed by atoms with Crippen molar-refractivity contribution < 1.29 is 10.2 Å². The van der Waals surface area contributed by atoms with Crippen LogP contribution in [-0.4, -0.2) is 16.1 Å². The minimum Gasteiger partial charge on any atom is -0.353 e. The second-order valence-electron chi connectivity index (χ2n) is 1.35. The molecule has 0 aliphatic heterocycles. The first-order valence-electron chi connectivity index (χ1n) is 2.11. The van der Waals surface area contributed by atoms with Gasteiger partial charge in [-0.2, -0.15) is 0 Å². The molecule has 0 rings (SSSR count). The Hall–Kier alpha value is -0.120. The lowest BCUT2D eigenvalue weighted by Crippen LogP contribution is -2.40. The summed E-state index contributed by atoms with van der Waals surface area (Å²) in [5.41, 5.74) is 0. The monoisotopic (exact) mass is 104 g/mol. The van der Waals surface area contributed by atoms with E-state index >= 15 is 0 Å². The summed E-state index contributed by atoms with van der Waals surface area (Å²) in [7, 11) is 3.08. The third-order valence-corrected chi connectivity index (χ3v) is 0.776. The van der Waals surface area contributed by atoms with Crippen molar-refractivity contribution in [2.75, 3.05) is 0 Å². The molecule has 0 unspecified atom stereocenters. The highest BCUT2D eigenvalue weighted by atomic mass is 16.5. The molecule has 0 aromatic rings. The Labute approximate surface area is 43.0 Å². The molecule has 3 N–H and O–H groups in total. The van der Waals surface area contributed by atoms with E-state index in [1.165, 1.54) is 0 Å². The van der Waals surface area contributed by atoms with Crippen LogP contribution in [0.5, 0.6) is 0 Å². The van der Waals surface area contributed by atoms with Gasteiger partial charge in [-0.15, -0.1) is 0 Å². The van der Waals surface area contributed by atoms with Gasteiger partial charge in [-0.05, 0) is 0 Å². The topological polar surface area (TPSA) is 52.5 Å². The smallest absolute Gasteiger partial charge is 0.222 e. The van der Waals surface area contributed by atoms with Crippen molar-refractivity contribution in [2.24, 2.45) is 0 Å². The van der Waals surface area contributed by atoms with Gasteiger partial charge in [-0.25, -0.2) is 0 Å². The van der Waals surface area contributed by atoms with E-state index in [2.05, 4.69) is 12.4 Å². The van der Waals surface area contributed by atoms with Crippen molar-refractivity contribution in [2.45, 2.75) is 19.3 Å². The predicted octanol–water partition coefficient (Wildman–Crippen LogP) is -0.584. The van der Waals surface area contributed by atoms with Gasteiger partial charge in [0.15, 0.2) is 0 Å². The fourth-order valence-corrected chi connectivity index (χ4v) is 0.125. The lowest BCUT2D eigenvalue weighted by molar-refractivity contribution is -0.178. The summed E-state index contributed by atoms with van der Waals surface area (Å²) in [5, 5.41) is 19.1. The molecule has 7 heavy (non-hydrogen) atoms. The van der Waals surface area contributed by atoms with Crippen molar-refractivity contribution in [3.8, 4) is 0 Å². The Morgan fingerprint density at radius 3 is 2.14 bits per heavy atom. The molecule has 3 nitrogen and oxygen atoms in total. The van der Waals surface area contributed by atoms with Gasteiger partial charge in [0.2, 0.25) is 5.91 Å². The van der Waals surface area contributed by atoms with Crippen molar-refractivity contribution in [3.63, 3.8) is 0 Å². The highest BCUT2D eigenvalue weighted by molar-refractivity contribution is 4.54. The normalized spacial score (nSPS) is 12.0. The third kappa shape index (κ3) is 2.56. The van der Waals surface area contributed by atoms with Crippen LogP contribution < -0.4 is 5.32 Å². The number of nitrogens with one attached hydrogen (secondary N) is 1. The van der Waals surface area contributed by atoms with Crippen LogP contribution >= 0.6 is 0 Å². The molecular weight excluding hydrogens is 94.0 g/mol. The molecule has 0 aliphatic rings. The Balaban J connectivity index is 3.36. The van der Waals surface area contributed by atoms with Gasteiger partial charge in [0.1, 0.15) is 0 Å². The van der Waals surface area contributed by atoms with Crippen LogP contribution in [0.2, 0.25) is 0 Å². The first-order chi connectivity index (χ1) is 3.12. The van der Waals surface area contributed by atoms with Crippen LogP contribution in [0.3, 0.4) is 0 Å². The number of hydrogen-bond donors (Lipinski definition) is 3. The Morgan fingerprint density at radius 1 is 1.71 bits per heavy atom. The van der Waals surface area contributed by atoms with E-state index in [1.807, 2.05) is 0 Å². The molecule has 0 atom stereocenters. The zero-order valence-electron chi connectivity index (χ0n) is 4.31. The summed E-state index contributed by atoms with van der Waals surface area (Å²) >= 11 is 0. The molecular formula is C4H10NO2. The fourth-order valence-electron chi connectivity index (χ4n) is 0.125. The average molecular weight is 104 g/mol. The van der Waals surface area contributed by atoms with Crippen LogP contribution in [0.4, 0.5) is 0 Å². The van der Waals surface area contributed by atoms with Crippen LogP contribution in [-0.2, 0) is 0 Å². The van der Waals surface area contributed by atoms with Gasteiger partial charge in [0.05, 0.1) is 0 Å². The molecule has 0 fully saturated rings. The second-order valence-corrected chi connectivity index (χ2v) is 1.35. The summed E-state index contributed by atoms with van der Waals surface area (Å²) in [4.78, 5) is 0. The summed E-state index contributed by atoms with van der Waals surface area (Å²) < 4.78 is 0. The van der Waals surface area contributed by atoms with E-state index in [-0.39, 0.29) is 6.42 Å². The molecule has 0 bridgehead atoms. The van der Waals surface area contributed by atoms with Crippen molar-refractivity contribution in [3.05, 3.63) is 7.05 Å². The van der Waals surface area contributed by atoms with E-state index < -0.39 is 5.91 Å². The highest BCUT2D eigenvalue weighted by Gasteiger charge is 2.14. The minimum atomic E-state index is -1.78. The quantitative estimate of drug-likeness (QED) is 0.411. The van der Waals surface area contributed by atoms with Crippen LogP contribution in [0.15, 0.2) is 0 Å². The van der Waals surface area contributed by atoms with Crippen molar-refractivity contribution in [1.82, 2.24) is 5.32 Å². The number of aliphatic hydroxyl groups is 2. The van der Waals surface area contributed by atoms with Gasteiger partial charge >= 0.3 is 0 Å². The molecule has 0 aromatic carbocycles. The molecule has 0 aliphatic carbocycles. The van der Waals surface area contributed by atoms with E-state index in [0.717, 1.165) is 0 Å². The van der Waals surface area contributed by atoms with Crippen molar-refractivity contribution in [1.29, 1.82) is 0 Å². The van der Waals surface area contributed by atoms with E-state index in [4.69, 9.17) is 10.2 Å². The van der Waals surface area contributed by atoms with Gasteiger partial charge in [-0.1, -0.05) is 6.92 Å². The number of hydrogen-bond acceptors (Lipinski definition) is 3. The maximum Gasteiger partial charge on any atom is 0.222 e. The van der Waals surface area contributed by atoms with E-state index in [0.29, 0.717) is 0 Å². The predicted molar refractivity (Wildman–Crippen MR) is 26.0 cm³/mol. The molecule has 0 heterocycles. The molecule has 0 amide bonds. The maximum absolute atomic E-state index is 8.51. The molecule has 0 spiro atoms. The van der Waals surface area contributed by atoms with Crippen LogP contribution in [0, 0.1) is 7.05 Å². The van der Waals surface area contributed by atoms with Crippen molar-refractivity contribution >= 4 is 0 Å². The lowest BCUT2D eigenvalue weighted by atomic mass is 10.4. The first kappa shape index (κ1) is 6.88. The van der Waals surface area contributed by atoms with Gasteiger partial charge in [-0.3, -0.25) is 5.32 Å². The molecule has 1 radical (unpaired) electrons. The average Bonchev–Trinajstić information content (AvgIpc) is 1.68. The number of rotatable bonds is 2. The van der Waals surface area contributed by atoms with Gasteiger partial charge in [0, 0.05) is 13.5 Å². The first-order valence-corrected chi connectivity index (χ1v) is 2.11. The second kappa shape index (κ2) is 2.26. The zero-order valence-corrected chi connectivity index (χ0v) is 4.31. The summed E-state index contributed by atoms with van der Waals surface area (Å²) in [5.74, 6) is -1.78. The molecule has 3 heteroatoms. The SMILES string of the molecule is [CH2]NC(O)(O)CC. The zero-order chi connectivity index (χ0) is 5.91. The molecule has 43 valence electrons. The molecule has 0 saturated heterocycles. The maximum atomic E-state index is 8.51. The standard InChI is InChI=1S/C4H10NO2/c1-3-4(6,7)5-2/h5-7H,2-3H2,1H3. The van der Waals surface area contributed by atoms with E-state index in [9.17, 15) is 0 Å². The highest BCUT2D eigenvalue weighted by Crippen LogP contribution is 1.96. The molecule has 0 saturated carbocycles. The third-order valence-electron chi connectivity index (χ3n) is 0.776. The lowest BCUT2D eigenvalue weighted by Gasteiger charge is -2.16. The van der Waals surface area contributed by atoms with E-state index in [1.54, 1.807) is 6.92 Å². The van der Waals surface area contributed by atoms with Gasteiger partial charge < -0.3 is 10.2 Å². The fraction of sp³-hybridized carbons (Fsp3) is 0.750. The Kier molecular flexibility index (Phi) is 2.22. The van der Waals surface area contributed by atoms with Crippen LogP contribution in [0.1, 0.15) is 13.3 Å². The Morgan fingerprint density at radius 2 is 2.14 bits per heavy atom. The Bertz CT molecular complexity index is 47.7. The summed E-state index contributed by atoms with van der Waals surface area (Å²) in [6, 6.07) is 0. The molecule has 0 aromatic heterocycles. The minimum absolute atomic E-state index is 0.233.